The number of carbonyl (C=O) groups is 1. The van der Waals surface area contributed by atoms with Crippen molar-refractivity contribution >= 4 is 18.3 Å². The molecule has 1 aliphatic carbocycles. The third kappa shape index (κ3) is 4.45. The maximum absolute atomic E-state index is 14.2. The van der Waals surface area contributed by atoms with Crippen molar-refractivity contribution in [2.45, 2.75) is 44.6 Å². The van der Waals surface area contributed by atoms with E-state index >= 15 is 0 Å². The highest BCUT2D eigenvalue weighted by atomic mass is 35.5. The second-order valence-electron chi connectivity index (χ2n) is 6.58. The number of halogens is 2. The number of piperidine rings is 1. The van der Waals surface area contributed by atoms with Crippen molar-refractivity contribution in [3.63, 3.8) is 0 Å². The van der Waals surface area contributed by atoms with E-state index in [1.165, 1.54) is 18.9 Å². The van der Waals surface area contributed by atoms with Crippen LogP contribution < -0.4 is 10.6 Å². The fraction of sp³-hybridized carbons (Fsp3) is 0.611. The van der Waals surface area contributed by atoms with Crippen LogP contribution in [0.5, 0.6) is 0 Å². The molecule has 1 atom stereocenters. The molecule has 5 heteroatoms. The predicted molar refractivity (Wildman–Crippen MR) is 92.1 cm³/mol. The van der Waals surface area contributed by atoms with E-state index < -0.39 is 0 Å². The van der Waals surface area contributed by atoms with Crippen molar-refractivity contribution in [3.8, 4) is 0 Å². The molecule has 1 saturated carbocycles. The van der Waals surface area contributed by atoms with Gasteiger partial charge in [0.25, 0.3) is 0 Å². The van der Waals surface area contributed by atoms with Gasteiger partial charge in [-0.25, -0.2) is 4.39 Å². The fourth-order valence-electron chi connectivity index (χ4n) is 3.82. The van der Waals surface area contributed by atoms with E-state index in [4.69, 9.17) is 0 Å². The maximum Gasteiger partial charge on any atom is 0.223 e. The van der Waals surface area contributed by atoms with Crippen molar-refractivity contribution in [3.05, 3.63) is 35.6 Å². The minimum Gasteiger partial charge on any atom is -0.349 e. The number of hydrogen-bond acceptors (Lipinski definition) is 2. The van der Waals surface area contributed by atoms with Crippen molar-refractivity contribution in [2.75, 3.05) is 13.1 Å². The highest BCUT2D eigenvalue weighted by molar-refractivity contribution is 5.85. The topological polar surface area (TPSA) is 41.1 Å². The number of rotatable bonds is 4. The number of nitrogens with one attached hydrogen (secondary N) is 2. The number of benzene rings is 1. The maximum atomic E-state index is 14.2. The molecule has 2 fully saturated rings. The highest BCUT2D eigenvalue weighted by Crippen LogP contribution is 2.37. The van der Waals surface area contributed by atoms with E-state index in [1.54, 1.807) is 6.07 Å². The average molecular weight is 341 g/mol. The van der Waals surface area contributed by atoms with E-state index in [9.17, 15) is 9.18 Å². The lowest BCUT2D eigenvalue weighted by Gasteiger charge is -2.29. The third-order valence-electron chi connectivity index (χ3n) is 5.12. The lowest BCUT2D eigenvalue weighted by atomic mass is 9.89. The smallest absolute Gasteiger partial charge is 0.223 e. The molecule has 2 aliphatic rings. The van der Waals surface area contributed by atoms with Crippen LogP contribution in [0.4, 0.5) is 4.39 Å². The van der Waals surface area contributed by atoms with Crippen molar-refractivity contribution in [2.24, 2.45) is 11.8 Å². The van der Waals surface area contributed by atoms with E-state index in [1.807, 2.05) is 12.1 Å². The standard InChI is InChI=1S/C18H25FN2O.ClH/c19-16-8-4-3-7-15(16)17(13-5-1-2-6-13)21-18(22)14-9-11-20-12-10-14;/h3-4,7-8,13-14,17,20H,1-2,5-6,9-12H2,(H,21,22);1H. The minimum absolute atomic E-state index is 0. The van der Waals surface area contributed by atoms with Crippen molar-refractivity contribution in [1.29, 1.82) is 0 Å². The number of amides is 1. The van der Waals surface area contributed by atoms with Crippen molar-refractivity contribution in [1.82, 2.24) is 10.6 Å². The summed E-state index contributed by atoms with van der Waals surface area (Å²) in [6.45, 7) is 1.79. The van der Waals surface area contributed by atoms with Crippen LogP contribution in [-0.4, -0.2) is 19.0 Å². The molecule has 2 N–H and O–H groups in total. The zero-order valence-corrected chi connectivity index (χ0v) is 14.2. The molecule has 1 aromatic carbocycles. The summed E-state index contributed by atoms with van der Waals surface area (Å²) in [4.78, 5) is 12.6. The summed E-state index contributed by atoms with van der Waals surface area (Å²) in [5.74, 6) is 0.325. The van der Waals surface area contributed by atoms with Crippen LogP contribution in [-0.2, 0) is 4.79 Å². The van der Waals surface area contributed by atoms with Crippen LogP contribution in [0, 0.1) is 17.7 Å². The Balaban J connectivity index is 0.00000192. The zero-order valence-electron chi connectivity index (χ0n) is 13.4. The number of hydrogen-bond donors (Lipinski definition) is 2. The Labute approximate surface area is 143 Å². The van der Waals surface area contributed by atoms with Gasteiger partial charge in [0, 0.05) is 11.5 Å². The van der Waals surface area contributed by atoms with Gasteiger partial charge in [-0.1, -0.05) is 31.0 Å². The Bertz CT molecular complexity index is 513. The minimum atomic E-state index is -0.204. The van der Waals surface area contributed by atoms with E-state index in [0.29, 0.717) is 11.5 Å². The van der Waals surface area contributed by atoms with Gasteiger partial charge in [0.05, 0.1) is 6.04 Å². The summed E-state index contributed by atoms with van der Waals surface area (Å²) in [5, 5.41) is 6.46. The molecular formula is C18H26ClFN2O. The van der Waals surface area contributed by atoms with Crippen LogP contribution >= 0.6 is 12.4 Å². The average Bonchev–Trinajstić information content (AvgIpc) is 3.08. The monoisotopic (exact) mass is 340 g/mol. The van der Waals surface area contributed by atoms with E-state index in [2.05, 4.69) is 10.6 Å². The summed E-state index contributed by atoms with van der Waals surface area (Å²) in [7, 11) is 0. The van der Waals surface area contributed by atoms with Gasteiger partial charge in [-0.15, -0.1) is 12.4 Å². The first kappa shape index (κ1) is 18.2. The lowest BCUT2D eigenvalue weighted by molar-refractivity contribution is -0.126. The third-order valence-corrected chi connectivity index (χ3v) is 5.12. The van der Waals surface area contributed by atoms with Gasteiger partial charge >= 0.3 is 0 Å². The fourth-order valence-corrected chi connectivity index (χ4v) is 3.82. The molecule has 1 aromatic rings. The van der Waals surface area contributed by atoms with Gasteiger partial charge < -0.3 is 10.6 Å². The summed E-state index contributed by atoms with van der Waals surface area (Å²) in [6.07, 6.45) is 6.26. The molecule has 1 unspecified atom stereocenters. The van der Waals surface area contributed by atoms with Crippen LogP contribution in [0.3, 0.4) is 0 Å². The number of carbonyl (C=O) groups excluding carboxylic acids is 1. The first-order chi connectivity index (χ1) is 10.8. The van der Waals surface area contributed by atoms with E-state index in [0.717, 1.165) is 38.8 Å². The second kappa shape index (κ2) is 8.65. The van der Waals surface area contributed by atoms with Crippen molar-refractivity contribution < 1.29 is 9.18 Å². The molecule has 0 radical (unpaired) electrons. The van der Waals surface area contributed by atoms with Gasteiger partial charge in [0.2, 0.25) is 5.91 Å². The van der Waals surface area contributed by atoms with Gasteiger partial charge in [-0.2, -0.15) is 0 Å². The van der Waals surface area contributed by atoms with Gasteiger partial charge in [0.1, 0.15) is 5.82 Å². The molecular weight excluding hydrogens is 315 g/mol. The van der Waals surface area contributed by atoms with Gasteiger partial charge in [-0.05, 0) is 50.8 Å². The Hall–Kier alpha value is -1.13. The molecule has 0 bridgehead atoms. The Morgan fingerprint density at radius 2 is 1.78 bits per heavy atom. The molecule has 0 spiro atoms. The van der Waals surface area contributed by atoms with Crippen LogP contribution in [0.2, 0.25) is 0 Å². The normalized spacial score (nSPS) is 20.7. The van der Waals surface area contributed by atoms with Crippen LogP contribution in [0.15, 0.2) is 24.3 Å². The molecule has 3 nitrogen and oxygen atoms in total. The predicted octanol–water partition coefficient (Wildman–Crippen LogP) is 3.59. The second-order valence-corrected chi connectivity index (χ2v) is 6.58. The summed E-state index contributed by atoms with van der Waals surface area (Å²) < 4.78 is 14.2. The first-order valence-electron chi connectivity index (χ1n) is 8.51. The van der Waals surface area contributed by atoms with Gasteiger partial charge in [-0.3, -0.25) is 4.79 Å². The molecule has 23 heavy (non-hydrogen) atoms. The van der Waals surface area contributed by atoms with Crippen LogP contribution in [0.1, 0.15) is 50.1 Å². The molecule has 1 aliphatic heterocycles. The molecule has 1 saturated heterocycles. The summed E-state index contributed by atoms with van der Waals surface area (Å²) >= 11 is 0. The molecule has 0 aromatic heterocycles. The molecule has 1 amide bonds. The summed E-state index contributed by atoms with van der Waals surface area (Å²) in [5.41, 5.74) is 0.650. The quantitative estimate of drug-likeness (QED) is 0.879. The Morgan fingerprint density at radius 1 is 1.13 bits per heavy atom. The first-order valence-corrected chi connectivity index (χ1v) is 8.51. The molecule has 3 rings (SSSR count). The lowest BCUT2D eigenvalue weighted by Crippen LogP contribution is -2.41. The molecule has 128 valence electrons. The highest BCUT2D eigenvalue weighted by Gasteiger charge is 2.31. The summed E-state index contributed by atoms with van der Waals surface area (Å²) in [6, 6.07) is 6.71. The zero-order chi connectivity index (χ0) is 15.4. The Morgan fingerprint density at radius 3 is 2.43 bits per heavy atom. The Kier molecular flexibility index (Phi) is 6.85. The van der Waals surface area contributed by atoms with Crippen LogP contribution in [0.25, 0.3) is 0 Å². The van der Waals surface area contributed by atoms with Gasteiger partial charge in [0.15, 0.2) is 0 Å². The molecule has 1 heterocycles. The largest absolute Gasteiger partial charge is 0.349 e. The SMILES string of the molecule is Cl.O=C(NC(c1ccccc1F)C1CCCC1)C1CCNCC1. The van der Waals surface area contributed by atoms with E-state index in [-0.39, 0.29) is 36.1 Å².